The molecule has 1 unspecified atom stereocenters. The van der Waals surface area contributed by atoms with E-state index in [1.165, 1.54) is 12.1 Å². The minimum atomic E-state index is -4.40. The summed E-state index contributed by atoms with van der Waals surface area (Å²) in [5.41, 5.74) is -0.489. The van der Waals surface area contributed by atoms with Crippen LogP contribution >= 0.6 is 0 Å². The summed E-state index contributed by atoms with van der Waals surface area (Å²) < 4.78 is 50.6. The van der Waals surface area contributed by atoms with Crippen molar-refractivity contribution in [1.82, 2.24) is 15.1 Å². The molecule has 8 heteroatoms. The zero-order valence-corrected chi connectivity index (χ0v) is 13.2. The van der Waals surface area contributed by atoms with Crippen molar-refractivity contribution in [3.05, 3.63) is 47.2 Å². The maximum absolute atomic E-state index is 13.2. The van der Waals surface area contributed by atoms with Gasteiger partial charge in [0.1, 0.15) is 0 Å². The molecule has 2 heterocycles. The molecule has 0 spiro atoms. The SMILES string of the molecule is CCc1nnc(CN2CCOC(c3ccccc3C(F)(F)F)C2)o1. The Hall–Kier alpha value is -1.93. The number of ether oxygens (including phenoxy) is 1. The van der Waals surface area contributed by atoms with Gasteiger partial charge in [-0.15, -0.1) is 10.2 Å². The van der Waals surface area contributed by atoms with E-state index in [0.717, 1.165) is 6.07 Å². The molecule has 0 N–H and O–H groups in total. The molecule has 1 aliphatic heterocycles. The van der Waals surface area contributed by atoms with Gasteiger partial charge in [0.25, 0.3) is 0 Å². The Labute approximate surface area is 137 Å². The van der Waals surface area contributed by atoms with Crippen molar-refractivity contribution in [1.29, 1.82) is 0 Å². The quantitative estimate of drug-likeness (QED) is 0.855. The maximum Gasteiger partial charge on any atom is 0.416 e. The predicted octanol–water partition coefficient (Wildman–Crippen LogP) is 3.22. The van der Waals surface area contributed by atoms with Crippen LogP contribution in [0.15, 0.2) is 28.7 Å². The van der Waals surface area contributed by atoms with Gasteiger partial charge in [-0.2, -0.15) is 13.2 Å². The van der Waals surface area contributed by atoms with E-state index in [9.17, 15) is 13.2 Å². The second kappa shape index (κ2) is 6.90. The number of aromatic nitrogens is 2. The van der Waals surface area contributed by atoms with Crippen LogP contribution in [0.25, 0.3) is 0 Å². The van der Waals surface area contributed by atoms with E-state index in [1.807, 2.05) is 11.8 Å². The molecule has 1 aromatic carbocycles. The minimum absolute atomic E-state index is 0.162. The van der Waals surface area contributed by atoms with E-state index in [0.29, 0.717) is 44.4 Å². The van der Waals surface area contributed by atoms with Crippen molar-refractivity contribution in [3.8, 4) is 0 Å². The van der Waals surface area contributed by atoms with Crippen LogP contribution in [0.1, 0.15) is 35.9 Å². The fourth-order valence-corrected chi connectivity index (χ4v) is 2.76. The summed E-state index contributed by atoms with van der Waals surface area (Å²) in [5, 5.41) is 7.86. The van der Waals surface area contributed by atoms with Gasteiger partial charge >= 0.3 is 6.18 Å². The molecule has 5 nitrogen and oxygen atoms in total. The van der Waals surface area contributed by atoms with Gasteiger partial charge in [0.15, 0.2) is 0 Å². The van der Waals surface area contributed by atoms with Crippen molar-refractivity contribution < 1.29 is 22.3 Å². The molecular formula is C16H18F3N3O2. The second-order valence-electron chi connectivity index (χ2n) is 5.62. The molecule has 0 radical (unpaired) electrons. The van der Waals surface area contributed by atoms with Crippen LogP contribution in [-0.2, 0) is 23.9 Å². The average molecular weight is 341 g/mol. The number of alkyl halides is 3. The van der Waals surface area contributed by atoms with Crippen LogP contribution in [0.3, 0.4) is 0 Å². The van der Waals surface area contributed by atoms with E-state index in [2.05, 4.69) is 10.2 Å². The molecular weight excluding hydrogens is 323 g/mol. The Balaban J connectivity index is 1.74. The average Bonchev–Trinajstić information content (AvgIpc) is 3.02. The first kappa shape index (κ1) is 16.9. The molecule has 0 bridgehead atoms. The molecule has 1 aliphatic rings. The first-order chi connectivity index (χ1) is 11.5. The zero-order chi connectivity index (χ0) is 17.2. The number of benzene rings is 1. The van der Waals surface area contributed by atoms with E-state index < -0.39 is 17.8 Å². The fourth-order valence-electron chi connectivity index (χ4n) is 2.76. The van der Waals surface area contributed by atoms with E-state index in [1.54, 1.807) is 6.07 Å². The summed E-state index contributed by atoms with van der Waals surface area (Å²) in [5.74, 6) is 1.02. The third-order valence-corrected chi connectivity index (χ3v) is 3.93. The molecule has 0 saturated carbocycles. The smallest absolute Gasteiger partial charge is 0.416 e. The molecule has 1 fully saturated rings. The lowest BCUT2D eigenvalue weighted by Crippen LogP contribution is -2.38. The Kier molecular flexibility index (Phi) is 4.86. The molecule has 1 atom stereocenters. The summed E-state index contributed by atoms with van der Waals surface area (Å²) in [7, 11) is 0. The number of hydrogen-bond acceptors (Lipinski definition) is 5. The van der Waals surface area contributed by atoms with Crippen molar-refractivity contribution in [3.63, 3.8) is 0 Å². The molecule has 130 valence electrons. The highest BCUT2D eigenvalue weighted by Crippen LogP contribution is 2.36. The molecule has 2 aromatic rings. The first-order valence-corrected chi connectivity index (χ1v) is 7.78. The second-order valence-corrected chi connectivity index (χ2v) is 5.62. The Morgan fingerprint density at radius 3 is 2.67 bits per heavy atom. The third-order valence-electron chi connectivity index (χ3n) is 3.93. The molecule has 24 heavy (non-hydrogen) atoms. The van der Waals surface area contributed by atoms with Gasteiger partial charge in [0.05, 0.1) is 24.8 Å². The van der Waals surface area contributed by atoms with Gasteiger partial charge in [-0.05, 0) is 11.6 Å². The van der Waals surface area contributed by atoms with Crippen LogP contribution in [0.5, 0.6) is 0 Å². The lowest BCUT2D eigenvalue weighted by molar-refractivity contribution is -0.140. The van der Waals surface area contributed by atoms with E-state index in [-0.39, 0.29) is 5.56 Å². The van der Waals surface area contributed by atoms with Gasteiger partial charge < -0.3 is 9.15 Å². The van der Waals surface area contributed by atoms with Crippen LogP contribution in [0.4, 0.5) is 13.2 Å². The summed E-state index contributed by atoms with van der Waals surface area (Å²) in [6.07, 6.45) is -4.38. The van der Waals surface area contributed by atoms with Crippen molar-refractivity contribution in [2.24, 2.45) is 0 Å². The van der Waals surface area contributed by atoms with Gasteiger partial charge in [-0.1, -0.05) is 25.1 Å². The van der Waals surface area contributed by atoms with Gasteiger partial charge in [0, 0.05) is 19.5 Å². The molecule has 0 amide bonds. The third kappa shape index (κ3) is 3.76. The minimum Gasteiger partial charge on any atom is -0.424 e. The highest BCUT2D eigenvalue weighted by Gasteiger charge is 2.36. The highest BCUT2D eigenvalue weighted by molar-refractivity contribution is 5.32. The van der Waals surface area contributed by atoms with Crippen molar-refractivity contribution in [2.75, 3.05) is 19.7 Å². The van der Waals surface area contributed by atoms with Crippen molar-refractivity contribution in [2.45, 2.75) is 32.2 Å². The van der Waals surface area contributed by atoms with E-state index >= 15 is 0 Å². The van der Waals surface area contributed by atoms with Crippen LogP contribution in [-0.4, -0.2) is 34.8 Å². The summed E-state index contributed by atoms with van der Waals surface area (Å²) in [6.45, 7) is 3.62. The largest absolute Gasteiger partial charge is 0.424 e. The molecule has 0 aliphatic carbocycles. The topological polar surface area (TPSA) is 51.4 Å². The fraction of sp³-hybridized carbons (Fsp3) is 0.500. The van der Waals surface area contributed by atoms with Gasteiger partial charge in [-0.3, -0.25) is 4.90 Å². The molecule has 3 rings (SSSR count). The van der Waals surface area contributed by atoms with E-state index in [4.69, 9.17) is 9.15 Å². The summed E-state index contributed by atoms with van der Waals surface area (Å²) in [6, 6.07) is 5.54. The lowest BCUT2D eigenvalue weighted by Gasteiger charge is -2.33. The number of morpholine rings is 1. The molecule has 1 aromatic heterocycles. The van der Waals surface area contributed by atoms with Crippen LogP contribution < -0.4 is 0 Å². The Bertz CT molecular complexity index is 687. The number of hydrogen-bond donors (Lipinski definition) is 0. The number of rotatable bonds is 4. The monoisotopic (exact) mass is 341 g/mol. The maximum atomic E-state index is 13.2. The summed E-state index contributed by atoms with van der Waals surface area (Å²) in [4.78, 5) is 1.97. The lowest BCUT2D eigenvalue weighted by atomic mass is 10.0. The Morgan fingerprint density at radius 2 is 1.96 bits per heavy atom. The standard InChI is InChI=1S/C16H18F3N3O2/c1-2-14-20-21-15(24-14)10-22-7-8-23-13(9-22)11-5-3-4-6-12(11)16(17,18)19/h3-6,13H,2,7-10H2,1H3. The Morgan fingerprint density at radius 1 is 1.21 bits per heavy atom. The summed E-state index contributed by atoms with van der Waals surface area (Å²) >= 11 is 0. The first-order valence-electron chi connectivity index (χ1n) is 7.78. The normalized spacial score (nSPS) is 19.6. The van der Waals surface area contributed by atoms with Gasteiger partial charge in [0.2, 0.25) is 11.8 Å². The predicted molar refractivity (Wildman–Crippen MR) is 79.1 cm³/mol. The van der Waals surface area contributed by atoms with Crippen molar-refractivity contribution >= 4 is 0 Å². The number of aryl methyl sites for hydroxylation is 1. The molecule has 1 saturated heterocycles. The highest BCUT2D eigenvalue weighted by atomic mass is 19.4. The van der Waals surface area contributed by atoms with Crippen LogP contribution in [0.2, 0.25) is 0 Å². The zero-order valence-electron chi connectivity index (χ0n) is 13.2. The number of nitrogens with zero attached hydrogens (tertiary/aromatic N) is 3. The number of halogens is 3. The van der Waals surface area contributed by atoms with Gasteiger partial charge in [-0.25, -0.2) is 0 Å². The van der Waals surface area contributed by atoms with Crippen LogP contribution in [0, 0.1) is 0 Å².